The van der Waals surface area contributed by atoms with Gasteiger partial charge in [-0.2, -0.15) is 0 Å². The second-order valence-corrected chi connectivity index (χ2v) is 3.63. The smallest absolute Gasteiger partial charge is 0.303 e. The lowest BCUT2D eigenvalue weighted by molar-refractivity contribution is -0.137. The van der Waals surface area contributed by atoms with E-state index in [0.29, 0.717) is 18.9 Å². The first-order valence-corrected chi connectivity index (χ1v) is 5.52. The summed E-state index contributed by atoms with van der Waals surface area (Å²) in [6.45, 7) is 4.20. The number of rotatable bonds is 7. The molecule has 0 saturated carbocycles. The summed E-state index contributed by atoms with van der Waals surface area (Å²) >= 11 is 0. The molecule has 0 aromatic rings. The average molecular weight is 225 g/mol. The summed E-state index contributed by atoms with van der Waals surface area (Å²) in [5.41, 5.74) is 0. The van der Waals surface area contributed by atoms with Crippen LogP contribution in [0.5, 0.6) is 0 Å². The number of carbonyl (C=O) groups is 2. The standard InChI is InChI=1S/C12H19NO3/c1-3-5-11(14)13-9-8-10(4-2)6-7-12(15)16/h10H,4,6-9H2,1-2H3,(H,13,14)(H,15,16). The first-order chi connectivity index (χ1) is 7.60. The van der Waals surface area contributed by atoms with Crippen molar-refractivity contribution in [2.45, 2.75) is 39.5 Å². The molecule has 0 bridgehead atoms. The Morgan fingerprint density at radius 3 is 2.56 bits per heavy atom. The Bertz CT molecular complexity index is 288. The molecule has 0 heterocycles. The molecule has 1 atom stereocenters. The molecule has 0 aromatic carbocycles. The molecule has 0 radical (unpaired) electrons. The van der Waals surface area contributed by atoms with Crippen LogP contribution in [0.3, 0.4) is 0 Å². The molecule has 90 valence electrons. The van der Waals surface area contributed by atoms with E-state index in [1.807, 2.05) is 6.92 Å². The maximum atomic E-state index is 11.0. The summed E-state index contributed by atoms with van der Waals surface area (Å²) in [7, 11) is 0. The first kappa shape index (κ1) is 14.5. The number of carboxylic acid groups (broad SMARTS) is 1. The Hall–Kier alpha value is -1.50. The predicted octanol–water partition coefficient (Wildman–Crippen LogP) is 1.41. The van der Waals surface area contributed by atoms with Crippen LogP contribution in [0.4, 0.5) is 0 Å². The van der Waals surface area contributed by atoms with E-state index in [1.54, 1.807) is 6.92 Å². The Morgan fingerprint density at radius 1 is 1.38 bits per heavy atom. The summed E-state index contributed by atoms with van der Waals surface area (Å²) in [5.74, 6) is 4.23. The fourth-order valence-corrected chi connectivity index (χ4v) is 1.43. The van der Waals surface area contributed by atoms with Gasteiger partial charge in [-0.1, -0.05) is 19.3 Å². The van der Waals surface area contributed by atoms with Crippen molar-refractivity contribution >= 4 is 11.9 Å². The lowest BCUT2D eigenvalue weighted by Crippen LogP contribution is -2.24. The Balaban J connectivity index is 3.73. The highest BCUT2D eigenvalue weighted by molar-refractivity contribution is 5.93. The SMILES string of the molecule is CC#CC(=O)NCCC(CC)CCC(=O)O. The predicted molar refractivity (Wildman–Crippen MR) is 61.7 cm³/mol. The molecule has 1 amide bonds. The average Bonchev–Trinajstić information content (AvgIpc) is 2.23. The second-order valence-electron chi connectivity index (χ2n) is 3.63. The molecule has 0 fully saturated rings. The lowest BCUT2D eigenvalue weighted by atomic mass is 9.97. The molecule has 4 heteroatoms. The van der Waals surface area contributed by atoms with Crippen molar-refractivity contribution in [3.63, 3.8) is 0 Å². The highest BCUT2D eigenvalue weighted by Gasteiger charge is 2.08. The van der Waals surface area contributed by atoms with E-state index in [9.17, 15) is 9.59 Å². The fraction of sp³-hybridized carbons (Fsp3) is 0.667. The van der Waals surface area contributed by atoms with Gasteiger partial charge in [0.2, 0.25) is 0 Å². The maximum Gasteiger partial charge on any atom is 0.303 e. The van der Waals surface area contributed by atoms with Crippen LogP contribution in [-0.4, -0.2) is 23.5 Å². The van der Waals surface area contributed by atoms with E-state index in [-0.39, 0.29) is 12.3 Å². The van der Waals surface area contributed by atoms with Crippen molar-refractivity contribution in [1.82, 2.24) is 5.32 Å². The zero-order chi connectivity index (χ0) is 12.4. The van der Waals surface area contributed by atoms with Gasteiger partial charge >= 0.3 is 5.97 Å². The molecule has 0 aliphatic rings. The molecule has 4 nitrogen and oxygen atoms in total. The summed E-state index contributed by atoms with van der Waals surface area (Å²) in [6, 6.07) is 0. The third-order valence-electron chi connectivity index (χ3n) is 2.42. The molecule has 2 N–H and O–H groups in total. The quantitative estimate of drug-likeness (QED) is 0.644. The van der Waals surface area contributed by atoms with Gasteiger partial charge in [0, 0.05) is 13.0 Å². The monoisotopic (exact) mass is 225 g/mol. The summed E-state index contributed by atoms with van der Waals surface area (Å²) in [6.07, 6.45) is 2.60. The molecule has 0 aliphatic carbocycles. The minimum absolute atomic E-state index is 0.196. The first-order valence-electron chi connectivity index (χ1n) is 5.52. The Morgan fingerprint density at radius 2 is 2.06 bits per heavy atom. The lowest BCUT2D eigenvalue weighted by Gasteiger charge is -2.13. The minimum atomic E-state index is -0.765. The number of amides is 1. The van der Waals surface area contributed by atoms with Gasteiger partial charge in [-0.3, -0.25) is 9.59 Å². The van der Waals surface area contributed by atoms with Gasteiger partial charge < -0.3 is 10.4 Å². The van der Waals surface area contributed by atoms with Gasteiger partial charge in [0.05, 0.1) is 0 Å². The van der Waals surface area contributed by atoms with E-state index in [0.717, 1.165) is 12.8 Å². The third-order valence-corrected chi connectivity index (χ3v) is 2.42. The van der Waals surface area contributed by atoms with Crippen LogP contribution in [0.15, 0.2) is 0 Å². The van der Waals surface area contributed by atoms with Gasteiger partial charge in [-0.05, 0) is 31.6 Å². The van der Waals surface area contributed by atoms with Crippen molar-refractivity contribution in [1.29, 1.82) is 0 Å². The number of carbonyl (C=O) groups excluding carboxylic acids is 1. The van der Waals surface area contributed by atoms with Crippen LogP contribution >= 0.6 is 0 Å². The topological polar surface area (TPSA) is 66.4 Å². The number of aliphatic carboxylic acids is 1. The van der Waals surface area contributed by atoms with Crippen molar-refractivity contribution in [3.05, 3.63) is 0 Å². The van der Waals surface area contributed by atoms with Crippen molar-refractivity contribution in [3.8, 4) is 11.8 Å². The van der Waals surface area contributed by atoms with Crippen molar-refractivity contribution in [2.75, 3.05) is 6.54 Å². The number of carboxylic acids is 1. The molecule has 1 unspecified atom stereocenters. The van der Waals surface area contributed by atoms with Gasteiger partial charge in [-0.15, -0.1) is 0 Å². The van der Waals surface area contributed by atoms with Crippen molar-refractivity contribution < 1.29 is 14.7 Å². The Kier molecular flexibility index (Phi) is 7.96. The van der Waals surface area contributed by atoms with Crippen LogP contribution in [0.25, 0.3) is 0 Å². The molecule has 0 saturated heterocycles. The summed E-state index contributed by atoms with van der Waals surface area (Å²) < 4.78 is 0. The van der Waals surface area contributed by atoms with Gasteiger partial charge in [0.25, 0.3) is 5.91 Å². The van der Waals surface area contributed by atoms with Gasteiger partial charge in [0.15, 0.2) is 0 Å². The fourth-order valence-electron chi connectivity index (χ4n) is 1.43. The highest BCUT2D eigenvalue weighted by Crippen LogP contribution is 2.14. The largest absolute Gasteiger partial charge is 0.481 e. The van der Waals surface area contributed by atoms with Gasteiger partial charge in [-0.25, -0.2) is 0 Å². The molecule has 0 rings (SSSR count). The molecular formula is C12H19NO3. The van der Waals surface area contributed by atoms with Gasteiger partial charge in [0.1, 0.15) is 0 Å². The van der Waals surface area contributed by atoms with E-state index in [1.165, 1.54) is 0 Å². The summed E-state index contributed by atoms with van der Waals surface area (Å²) in [5, 5.41) is 11.2. The maximum absolute atomic E-state index is 11.0. The molecule has 16 heavy (non-hydrogen) atoms. The van der Waals surface area contributed by atoms with E-state index in [4.69, 9.17) is 5.11 Å². The normalized spacial score (nSPS) is 11.1. The number of hydrogen-bond acceptors (Lipinski definition) is 2. The van der Waals surface area contributed by atoms with Crippen LogP contribution < -0.4 is 5.32 Å². The zero-order valence-corrected chi connectivity index (χ0v) is 9.88. The van der Waals surface area contributed by atoms with E-state index in [2.05, 4.69) is 17.2 Å². The second kappa shape index (κ2) is 8.78. The van der Waals surface area contributed by atoms with Crippen LogP contribution in [0, 0.1) is 17.8 Å². The molecule has 0 aliphatic heterocycles. The minimum Gasteiger partial charge on any atom is -0.481 e. The number of nitrogens with one attached hydrogen (secondary N) is 1. The highest BCUT2D eigenvalue weighted by atomic mass is 16.4. The van der Waals surface area contributed by atoms with Crippen molar-refractivity contribution in [2.24, 2.45) is 5.92 Å². The van der Waals surface area contributed by atoms with Crippen LogP contribution in [0.1, 0.15) is 39.5 Å². The third kappa shape index (κ3) is 7.86. The number of hydrogen-bond donors (Lipinski definition) is 2. The molecular weight excluding hydrogens is 206 g/mol. The van der Waals surface area contributed by atoms with E-state index < -0.39 is 5.97 Å². The van der Waals surface area contributed by atoms with Crippen LogP contribution in [0.2, 0.25) is 0 Å². The zero-order valence-electron chi connectivity index (χ0n) is 9.88. The summed E-state index contributed by atoms with van der Waals surface area (Å²) in [4.78, 5) is 21.4. The molecule has 0 aromatic heterocycles. The Labute approximate surface area is 96.4 Å². The van der Waals surface area contributed by atoms with Crippen LogP contribution in [-0.2, 0) is 9.59 Å². The van der Waals surface area contributed by atoms with E-state index >= 15 is 0 Å². The molecule has 0 spiro atoms.